The lowest BCUT2D eigenvalue weighted by Gasteiger charge is -2.19. The number of anilines is 1. The summed E-state index contributed by atoms with van der Waals surface area (Å²) >= 11 is 5.72. The summed E-state index contributed by atoms with van der Waals surface area (Å²) in [7, 11) is -3.81. The number of nitrogens with one attached hydrogen (secondary N) is 2. The van der Waals surface area contributed by atoms with Crippen molar-refractivity contribution in [2.24, 2.45) is 0 Å². The minimum absolute atomic E-state index is 0.146. The van der Waals surface area contributed by atoms with Gasteiger partial charge >= 0.3 is 5.97 Å². The maximum absolute atomic E-state index is 12.8. The van der Waals surface area contributed by atoms with Gasteiger partial charge in [0.1, 0.15) is 5.82 Å². The van der Waals surface area contributed by atoms with E-state index in [0.29, 0.717) is 16.1 Å². The number of hydrogen-bond acceptors (Lipinski definition) is 6. The second-order valence-corrected chi connectivity index (χ2v) is 9.31. The molecule has 0 spiro atoms. The Labute approximate surface area is 187 Å². The highest BCUT2D eigenvalue weighted by molar-refractivity contribution is 7.89. The molecular weight excluding hydrogens is 442 g/mol. The standard InChI is InChI=1S/C21H26ClN3O5S/c1-12-13(2)15(4)21(16(5)14(12)3)31(28,29)24-9-8-20(27)30-11-19(26)25-18-7-6-17(22)10-23-18/h6-7,10,24H,8-9,11H2,1-5H3,(H,23,25,26). The molecule has 0 aliphatic carbocycles. The summed E-state index contributed by atoms with van der Waals surface area (Å²) in [5.74, 6) is -1.00. The molecule has 10 heteroatoms. The number of carbonyl (C=O) groups excluding carboxylic acids is 2. The molecule has 1 heterocycles. The average molecular weight is 468 g/mol. The number of carbonyl (C=O) groups is 2. The van der Waals surface area contributed by atoms with Gasteiger partial charge in [-0.15, -0.1) is 0 Å². The molecular formula is C21H26ClN3O5S. The molecule has 0 fully saturated rings. The van der Waals surface area contributed by atoms with E-state index in [0.717, 1.165) is 16.7 Å². The second-order valence-electron chi connectivity index (χ2n) is 7.17. The lowest BCUT2D eigenvalue weighted by atomic mass is 9.95. The highest BCUT2D eigenvalue weighted by atomic mass is 35.5. The van der Waals surface area contributed by atoms with Crippen LogP contribution in [0.2, 0.25) is 5.02 Å². The third-order valence-corrected chi connectivity index (χ3v) is 7.14. The molecule has 31 heavy (non-hydrogen) atoms. The van der Waals surface area contributed by atoms with Crippen LogP contribution < -0.4 is 10.0 Å². The van der Waals surface area contributed by atoms with E-state index in [1.807, 2.05) is 20.8 Å². The molecule has 0 atom stereocenters. The van der Waals surface area contributed by atoms with Gasteiger partial charge in [-0.25, -0.2) is 18.1 Å². The van der Waals surface area contributed by atoms with Crippen LogP contribution in [0.25, 0.3) is 0 Å². The summed E-state index contributed by atoms with van der Waals surface area (Å²) < 4.78 is 33.0. The Kier molecular flexibility index (Phi) is 8.16. The number of nitrogens with zero attached hydrogens (tertiary/aromatic N) is 1. The predicted octanol–water partition coefficient (Wildman–Crippen LogP) is 3.13. The van der Waals surface area contributed by atoms with Crippen molar-refractivity contribution in [3.8, 4) is 0 Å². The monoisotopic (exact) mass is 467 g/mol. The molecule has 2 rings (SSSR count). The van der Waals surface area contributed by atoms with Crippen LogP contribution in [-0.2, 0) is 24.3 Å². The van der Waals surface area contributed by atoms with E-state index in [1.54, 1.807) is 19.9 Å². The number of aromatic nitrogens is 1. The summed E-state index contributed by atoms with van der Waals surface area (Å²) in [5.41, 5.74) is 4.27. The number of rotatable bonds is 8. The highest BCUT2D eigenvalue weighted by Gasteiger charge is 2.23. The molecule has 8 nitrogen and oxygen atoms in total. The minimum atomic E-state index is -3.81. The first-order valence-electron chi connectivity index (χ1n) is 9.57. The van der Waals surface area contributed by atoms with Crippen molar-refractivity contribution < 1.29 is 22.7 Å². The van der Waals surface area contributed by atoms with E-state index in [-0.39, 0.29) is 23.7 Å². The van der Waals surface area contributed by atoms with Gasteiger partial charge in [-0.3, -0.25) is 9.59 Å². The third kappa shape index (κ3) is 6.25. The predicted molar refractivity (Wildman–Crippen MR) is 119 cm³/mol. The average Bonchev–Trinajstić information content (AvgIpc) is 2.71. The zero-order valence-corrected chi connectivity index (χ0v) is 19.7. The number of benzene rings is 1. The number of esters is 1. The van der Waals surface area contributed by atoms with Gasteiger partial charge in [0.2, 0.25) is 10.0 Å². The Hall–Kier alpha value is -2.49. The first-order valence-corrected chi connectivity index (χ1v) is 11.4. The Morgan fingerprint density at radius 1 is 1.00 bits per heavy atom. The van der Waals surface area contributed by atoms with Crippen molar-refractivity contribution in [1.82, 2.24) is 9.71 Å². The smallest absolute Gasteiger partial charge is 0.307 e. The number of ether oxygens (including phenoxy) is 1. The molecule has 1 aromatic heterocycles. The zero-order valence-electron chi connectivity index (χ0n) is 18.1. The topological polar surface area (TPSA) is 114 Å². The number of pyridine rings is 1. The Balaban J connectivity index is 1.89. The van der Waals surface area contributed by atoms with Crippen LogP contribution in [0.5, 0.6) is 0 Å². The van der Waals surface area contributed by atoms with E-state index in [1.165, 1.54) is 12.3 Å². The lowest BCUT2D eigenvalue weighted by molar-refractivity contribution is -0.147. The lowest BCUT2D eigenvalue weighted by Crippen LogP contribution is -2.29. The number of hydrogen-bond donors (Lipinski definition) is 2. The molecule has 168 valence electrons. The van der Waals surface area contributed by atoms with Crippen LogP contribution in [0.1, 0.15) is 34.2 Å². The summed E-state index contributed by atoms with van der Waals surface area (Å²) in [6.07, 6.45) is 1.16. The highest BCUT2D eigenvalue weighted by Crippen LogP contribution is 2.29. The molecule has 2 aromatic rings. The molecule has 0 aliphatic rings. The molecule has 0 saturated carbocycles. The van der Waals surface area contributed by atoms with Gasteiger partial charge in [0, 0.05) is 12.7 Å². The van der Waals surface area contributed by atoms with E-state index < -0.39 is 28.5 Å². The van der Waals surface area contributed by atoms with E-state index in [2.05, 4.69) is 15.0 Å². The normalized spacial score (nSPS) is 11.3. The Bertz CT molecular complexity index is 1070. The maximum atomic E-state index is 12.8. The molecule has 1 amide bonds. The number of sulfonamides is 1. The second kappa shape index (κ2) is 10.2. The first-order chi connectivity index (χ1) is 14.4. The molecule has 0 saturated heterocycles. The van der Waals surface area contributed by atoms with Gasteiger partial charge in [0.05, 0.1) is 16.3 Å². The quantitative estimate of drug-likeness (QED) is 0.576. The summed E-state index contributed by atoms with van der Waals surface area (Å²) in [6.45, 7) is 8.62. The zero-order chi connectivity index (χ0) is 23.3. The van der Waals surface area contributed by atoms with Crippen molar-refractivity contribution in [1.29, 1.82) is 0 Å². The van der Waals surface area contributed by atoms with Crippen LogP contribution in [-0.4, -0.2) is 38.4 Å². The van der Waals surface area contributed by atoms with Crippen molar-refractivity contribution in [3.05, 3.63) is 51.2 Å². The molecule has 0 radical (unpaired) electrons. The van der Waals surface area contributed by atoms with E-state index >= 15 is 0 Å². The first kappa shape index (κ1) is 24.8. The van der Waals surface area contributed by atoms with Crippen LogP contribution in [0.15, 0.2) is 23.2 Å². The molecule has 1 aromatic carbocycles. The summed E-state index contributed by atoms with van der Waals surface area (Å²) in [5, 5.41) is 2.88. The third-order valence-electron chi connectivity index (χ3n) is 5.18. The fraction of sp³-hybridized carbons (Fsp3) is 0.381. The van der Waals surface area contributed by atoms with Crippen LogP contribution in [0.4, 0.5) is 5.82 Å². The number of amides is 1. The summed E-state index contributed by atoms with van der Waals surface area (Å²) in [6, 6.07) is 3.07. The maximum Gasteiger partial charge on any atom is 0.307 e. The van der Waals surface area contributed by atoms with E-state index in [9.17, 15) is 18.0 Å². The van der Waals surface area contributed by atoms with Crippen molar-refractivity contribution in [2.75, 3.05) is 18.5 Å². The van der Waals surface area contributed by atoms with Crippen molar-refractivity contribution in [3.63, 3.8) is 0 Å². The van der Waals surface area contributed by atoms with Gasteiger partial charge in [-0.2, -0.15) is 0 Å². The van der Waals surface area contributed by atoms with Crippen LogP contribution >= 0.6 is 11.6 Å². The van der Waals surface area contributed by atoms with Crippen molar-refractivity contribution >= 4 is 39.3 Å². The van der Waals surface area contributed by atoms with Crippen LogP contribution in [0, 0.1) is 34.6 Å². The minimum Gasteiger partial charge on any atom is -0.456 e. The van der Waals surface area contributed by atoms with E-state index in [4.69, 9.17) is 16.3 Å². The van der Waals surface area contributed by atoms with Gasteiger partial charge in [0.15, 0.2) is 6.61 Å². The molecule has 0 bridgehead atoms. The molecule has 0 unspecified atom stereocenters. The van der Waals surface area contributed by atoms with Crippen molar-refractivity contribution in [2.45, 2.75) is 45.9 Å². The fourth-order valence-corrected chi connectivity index (χ4v) is 4.81. The van der Waals surface area contributed by atoms with Gasteiger partial charge in [-0.05, 0) is 74.6 Å². The van der Waals surface area contributed by atoms with Gasteiger partial charge in [-0.1, -0.05) is 11.6 Å². The summed E-state index contributed by atoms with van der Waals surface area (Å²) in [4.78, 5) is 27.8. The Morgan fingerprint density at radius 3 is 2.13 bits per heavy atom. The fourth-order valence-electron chi connectivity index (χ4n) is 3.08. The SMILES string of the molecule is Cc1c(C)c(C)c(S(=O)(=O)NCCC(=O)OCC(=O)Nc2ccc(Cl)cn2)c(C)c1C. The number of halogens is 1. The molecule has 2 N–H and O–H groups in total. The van der Waals surface area contributed by atoms with Gasteiger partial charge in [0.25, 0.3) is 5.91 Å². The van der Waals surface area contributed by atoms with Crippen LogP contribution in [0.3, 0.4) is 0 Å². The largest absolute Gasteiger partial charge is 0.456 e. The Morgan fingerprint density at radius 2 is 1.58 bits per heavy atom. The molecule has 0 aliphatic heterocycles. The van der Waals surface area contributed by atoms with Gasteiger partial charge < -0.3 is 10.1 Å².